The van der Waals surface area contributed by atoms with E-state index in [2.05, 4.69) is 25.3 Å². The zero-order valence-corrected chi connectivity index (χ0v) is 13.5. The van der Waals surface area contributed by atoms with Crippen molar-refractivity contribution in [1.29, 1.82) is 0 Å². The quantitative estimate of drug-likeness (QED) is 0.920. The van der Waals surface area contributed by atoms with Crippen LogP contribution in [0.15, 0.2) is 23.1 Å². The minimum atomic E-state index is -0.165. The lowest BCUT2D eigenvalue weighted by Gasteiger charge is -2.33. The molecule has 122 valence electrons. The van der Waals surface area contributed by atoms with Crippen LogP contribution in [0.25, 0.3) is 0 Å². The molecule has 0 saturated carbocycles. The third-order valence-corrected chi connectivity index (χ3v) is 4.20. The highest BCUT2D eigenvalue weighted by Crippen LogP contribution is 2.18. The van der Waals surface area contributed by atoms with Crippen molar-refractivity contribution >= 4 is 5.91 Å². The molecule has 1 N–H and O–H groups in total. The Hall–Kier alpha value is -2.28. The smallest absolute Gasteiger partial charge is 0.271 e. The summed E-state index contributed by atoms with van der Waals surface area (Å²) < 4.78 is 5.22. The fourth-order valence-electron chi connectivity index (χ4n) is 2.94. The molecule has 2 aromatic rings. The van der Waals surface area contributed by atoms with Crippen molar-refractivity contribution in [3.05, 3.63) is 41.3 Å². The summed E-state index contributed by atoms with van der Waals surface area (Å²) >= 11 is 0. The summed E-state index contributed by atoms with van der Waals surface area (Å²) in [7, 11) is 0. The number of aryl methyl sites for hydroxylation is 2. The molecular weight excluding hydrogens is 294 g/mol. The first-order valence-electron chi connectivity index (χ1n) is 7.84. The fraction of sp³-hybridized carbons (Fsp3) is 0.500. The van der Waals surface area contributed by atoms with Crippen LogP contribution in [0.3, 0.4) is 0 Å². The predicted octanol–water partition coefficient (Wildman–Crippen LogP) is 1.48. The number of carbonyl (C=O) groups excluding carboxylic acids is 1. The lowest BCUT2D eigenvalue weighted by Crippen LogP contribution is -2.47. The van der Waals surface area contributed by atoms with Gasteiger partial charge in [-0.1, -0.05) is 5.16 Å². The summed E-state index contributed by atoms with van der Waals surface area (Å²) in [6.07, 6.45) is 6.60. The molecule has 0 unspecified atom stereocenters. The summed E-state index contributed by atoms with van der Waals surface area (Å²) in [5.41, 5.74) is 2.44. The zero-order valence-electron chi connectivity index (χ0n) is 13.5. The average Bonchev–Trinajstić information content (AvgIpc) is 2.88. The van der Waals surface area contributed by atoms with Gasteiger partial charge >= 0.3 is 0 Å². The maximum Gasteiger partial charge on any atom is 0.271 e. The van der Waals surface area contributed by atoms with Crippen molar-refractivity contribution in [2.75, 3.05) is 13.1 Å². The van der Waals surface area contributed by atoms with Crippen LogP contribution in [-0.4, -0.2) is 45.1 Å². The normalized spacial score (nSPS) is 18.8. The van der Waals surface area contributed by atoms with Crippen molar-refractivity contribution in [3.63, 3.8) is 0 Å². The number of nitrogens with zero attached hydrogens (tertiary/aromatic N) is 4. The maximum atomic E-state index is 12.2. The molecule has 23 heavy (non-hydrogen) atoms. The van der Waals surface area contributed by atoms with Gasteiger partial charge in [-0.25, -0.2) is 4.98 Å². The van der Waals surface area contributed by atoms with Gasteiger partial charge in [0.2, 0.25) is 0 Å². The zero-order chi connectivity index (χ0) is 16.2. The Labute approximate surface area is 135 Å². The van der Waals surface area contributed by atoms with Crippen LogP contribution in [0.5, 0.6) is 0 Å². The number of hydrogen-bond donors (Lipinski definition) is 1. The highest BCUT2D eigenvalue weighted by atomic mass is 16.5. The summed E-state index contributed by atoms with van der Waals surface area (Å²) in [5.74, 6) is 0.704. The highest BCUT2D eigenvalue weighted by Gasteiger charge is 2.24. The van der Waals surface area contributed by atoms with Gasteiger partial charge in [0, 0.05) is 37.1 Å². The van der Waals surface area contributed by atoms with E-state index < -0.39 is 0 Å². The number of hydrogen-bond acceptors (Lipinski definition) is 6. The van der Waals surface area contributed by atoms with Gasteiger partial charge in [0.15, 0.2) is 0 Å². The number of nitrogens with one attached hydrogen (secondary N) is 1. The van der Waals surface area contributed by atoms with Crippen LogP contribution in [-0.2, 0) is 6.54 Å². The van der Waals surface area contributed by atoms with E-state index in [4.69, 9.17) is 4.52 Å². The van der Waals surface area contributed by atoms with Crippen molar-refractivity contribution in [2.45, 2.75) is 39.3 Å². The van der Waals surface area contributed by atoms with Crippen LogP contribution in [0.2, 0.25) is 0 Å². The molecule has 0 spiro atoms. The molecule has 0 aliphatic carbocycles. The second kappa shape index (κ2) is 6.87. The molecule has 1 aliphatic heterocycles. The number of rotatable bonds is 4. The van der Waals surface area contributed by atoms with Crippen LogP contribution in [0.4, 0.5) is 0 Å². The Balaban J connectivity index is 1.59. The molecule has 1 atom stereocenters. The minimum absolute atomic E-state index is 0.124. The average molecular weight is 315 g/mol. The standard InChI is InChI=1S/C16H21N5O2/c1-11-14(12(2)23-20-11)10-21-7-3-4-13(9-21)19-16(22)15-8-17-5-6-18-15/h5-6,8,13H,3-4,7,9-10H2,1-2H3,(H,19,22)/t13-/m1/s1. The first-order chi connectivity index (χ1) is 11.1. The molecular formula is C16H21N5O2. The van der Waals surface area contributed by atoms with E-state index in [1.807, 2.05) is 13.8 Å². The Morgan fingerprint density at radius 2 is 2.30 bits per heavy atom. The molecule has 1 aliphatic rings. The monoisotopic (exact) mass is 315 g/mol. The van der Waals surface area contributed by atoms with Crippen molar-refractivity contribution in [3.8, 4) is 0 Å². The first-order valence-corrected chi connectivity index (χ1v) is 7.84. The van der Waals surface area contributed by atoms with Crippen LogP contribution >= 0.6 is 0 Å². The molecule has 7 heteroatoms. The summed E-state index contributed by atoms with van der Waals surface area (Å²) in [5, 5.41) is 7.05. The van der Waals surface area contributed by atoms with Gasteiger partial charge in [0.25, 0.3) is 5.91 Å². The maximum absolute atomic E-state index is 12.2. The van der Waals surface area contributed by atoms with Gasteiger partial charge in [-0.05, 0) is 33.2 Å². The van der Waals surface area contributed by atoms with Crippen molar-refractivity contribution in [2.24, 2.45) is 0 Å². The number of amides is 1. The summed E-state index contributed by atoms with van der Waals surface area (Å²) in [4.78, 5) is 22.5. The van der Waals surface area contributed by atoms with Gasteiger partial charge in [0.1, 0.15) is 11.5 Å². The van der Waals surface area contributed by atoms with Gasteiger partial charge in [-0.3, -0.25) is 14.7 Å². The van der Waals surface area contributed by atoms with E-state index in [1.54, 1.807) is 6.20 Å². The van der Waals surface area contributed by atoms with Gasteiger partial charge < -0.3 is 9.84 Å². The summed E-state index contributed by atoms with van der Waals surface area (Å²) in [6, 6.07) is 0.124. The van der Waals surface area contributed by atoms with Crippen LogP contribution in [0.1, 0.15) is 40.3 Å². The Morgan fingerprint density at radius 3 is 3.00 bits per heavy atom. The Bertz CT molecular complexity index is 651. The van der Waals surface area contributed by atoms with E-state index in [1.165, 1.54) is 12.4 Å². The minimum Gasteiger partial charge on any atom is -0.361 e. The second-order valence-corrected chi connectivity index (χ2v) is 5.94. The number of aromatic nitrogens is 3. The Kier molecular flexibility index (Phi) is 4.66. The van der Waals surface area contributed by atoms with Crippen LogP contribution in [0, 0.1) is 13.8 Å². The lowest BCUT2D eigenvalue weighted by molar-refractivity contribution is 0.0895. The molecule has 0 radical (unpaired) electrons. The summed E-state index contributed by atoms with van der Waals surface area (Å²) in [6.45, 7) is 6.53. The molecule has 1 saturated heterocycles. The fourth-order valence-corrected chi connectivity index (χ4v) is 2.94. The first kappa shape index (κ1) is 15.6. The van der Waals surface area contributed by atoms with Gasteiger partial charge in [0.05, 0.1) is 11.9 Å². The van der Waals surface area contributed by atoms with Crippen molar-refractivity contribution < 1.29 is 9.32 Å². The second-order valence-electron chi connectivity index (χ2n) is 5.94. The molecule has 0 bridgehead atoms. The number of piperidine rings is 1. The SMILES string of the molecule is Cc1noc(C)c1CN1CCC[C@@H](NC(=O)c2cnccn2)C1. The van der Waals surface area contributed by atoms with E-state index >= 15 is 0 Å². The van der Waals surface area contributed by atoms with Crippen LogP contribution < -0.4 is 5.32 Å². The lowest BCUT2D eigenvalue weighted by atomic mass is 10.0. The number of carbonyl (C=O) groups is 1. The van der Waals surface area contributed by atoms with E-state index in [9.17, 15) is 4.79 Å². The molecule has 1 fully saturated rings. The van der Waals surface area contributed by atoms with Gasteiger partial charge in [-0.2, -0.15) is 0 Å². The number of likely N-dealkylation sites (tertiary alicyclic amines) is 1. The molecule has 2 aromatic heterocycles. The highest BCUT2D eigenvalue weighted by molar-refractivity contribution is 5.92. The van der Waals surface area contributed by atoms with Gasteiger partial charge in [-0.15, -0.1) is 0 Å². The Morgan fingerprint density at radius 1 is 1.43 bits per heavy atom. The van der Waals surface area contributed by atoms with E-state index in [0.29, 0.717) is 5.69 Å². The third-order valence-electron chi connectivity index (χ3n) is 4.20. The molecule has 7 nitrogen and oxygen atoms in total. The van der Waals surface area contributed by atoms with Crippen molar-refractivity contribution in [1.82, 2.24) is 25.3 Å². The predicted molar refractivity (Wildman–Crippen MR) is 83.8 cm³/mol. The topological polar surface area (TPSA) is 84.2 Å². The largest absolute Gasteiger partial charge is 0.361 e. The molecule has 1 amide bonds. The molecule has 3 rings (SSSR count). The third kappa shape index (κ3) is 3.73. The molecule has 0 aromatic carbocycles. The molecule has 3 heterocycles. The van der Waals surface area contributed by atoms with E-state index in [0.717, 1.165) is 49.5 Å². The van der Waals surface area contributed by atoms with E-state index in [-0.39, 0.29) is 11.9 Å².